The summed E-state index contributed by atoms with van der Waals surface area (Å²) in [6, 6.07) is 19.8. The average molecular weight is 332 g/mol. The number of aliphatic hydroxyl groups excluding tert-OH is 1. The number of amides is 1. The number of hydrogen-bond donors (Lipinski definition) is 1. The van der Waals surface area contributed by atoms with E-state index in [0.29, 0.717) is 12.1 Å². The molecule has 0 radical (unpaired) electrons. The Morgan fingerprint density at radius 2 is 1.80 bits per heavy atom. The minimum atomic E-state index is -0.0210. The lowest BCUT2D eigenvalue weighted by molar-refractivity contribution is 0.0709. The van der Waals surface area contributed by atoms with Crippen LogP contribution in [-0.4, -0.2) is 40.1 Å². The molecule has 1 amide bonds. The van der Waals surface area contributed by atoms with Crippen LogP contribution in [0, 0.1) is 0 Å². The van der Waals surface area contributed by atoms with Gasteiger partial charge in [-0.05, 0) is 25.0 Å². The van der Waals surface area contributed by atoms with Crippen molar-refractivity contribution in [1.29, 1.82) is 0 Å². The summed E-state index contributed by atoms with van der Waals surface area (Å²) in [7, 11) is 0. The average Bonchev–Trinajstić information content (AvgIpc) is 3.50. The highest BCUT2D eigenvalue weighted by molar-refractivity contribution is 6.07. The predicted molar refractivity (Wildman–Crippen MR) is 98.3 cm³/mol. The van der Waals surface area contributed by atoms with Gasteiger partial charge in [-0.3, -0.25) is 4.79 Å². The van der Waals surface area contributed by atoms with Crippen LogP contribution in [0.2, 0.25) is 0 Å². The maximum Gasteiger partial charge on any atom is 0.254 e. The molecular formula is C21H20N2O2. The Morgan fingerprint density at radius 1 is 1.08 bits per heavy atom. The molecule has 3 aromatic rings. The van der Waals surface area contributed by atoms with Crippen molar-refractivity contribution in [2.75, 3.05) is 13.2 Å². The SMILES string of the molecule is O=C(c1cc(-c2ccccc2)nc2ccccc12)N(CCO)C1CC1. The number of rotatable bonds is 5. The van der Waals surface area contributed by atoms with E-state index in [9.17, 15) is 9.90 Å². The van der Waals surface area contributed by atoms with E-state index in [-0.39, 0.29) is 18.6 Å². The van der Waals surface area contributed by atoms with E-state index in [4.69, 9.17) is 4.98 Å². The third kappa shape index (κ3) is 3.13. The molecule has 4 rings (SSSR count). The van der Waals surface area contributed by atoms with Gasteiger partial charge in [-0.1, -0.05) is 48.5 Å². The second-order valence-electron chi connectivity index (χ2n) is 6.39. The molecule has 0 saturated heterocycles. The number of aliphatic hydroxyl groups is 1. The van der Waals surface area contributed by atoms with E-state index >= 15 is 0 Å². The number of nitrogens with zero attached hydrogens (tertiary/aromatic N) is 2. The van der Waals surface area contributed by atoms with Crippen LogP contribution in [0.15, 0.2) is 60.7 Å². The van der Waals surface area contributed by atoms with Gasteiger partial charge in [-0.15, -0.1) is 0 Å². The number of pyridine rings is 1. The van der Waals surface area contributed by atoms with Gasteiger partial charge in [0.25, 0.3) is 5.91 Å². The fourth-order valence-electron chi connectivity index (χ4n) is 3.21. The lowest BCUT2D eigenvalue weighted by Crippen LogP contribution is -2.35. The van der Waals surface area contributed by atoms with Crippen molar-refractivity contribution in [2.45, 2.75) is 18.9 Å². The molecule has 0 unspecified atom stereocenters. The summed E-state index contributed by atoms with van der Waals surface area (Å²) >= 11 is 0. The molecule has 126 valence electrons. The Balaban J connectivity index is 1.85. The van der Waals surface area contributed by atoms with Crippen molar-refractivity contribution in [3.63, 3.8) is 0 Å². The zero-order chi connectivity index (χ0) is 17.2. The lowest BCUT2D eigenvalue weighted by Gasteiger charge is -2.22. The summed E-state index contributed by atoms with van der Waals surface area (Å²) in [5.41, 5.74) is 3.25. The second kappa shape index (κ2) is 6.65. The minimum Gasteiger partial charge on any atom is -0.395 e. The van der Waals surface area contributed by atoms with Gasteiger partial charge in [-0.25, -0.2) is 4.98 Å². The normalized spacial score (nSPS) is 13.8. The van der Waals surface area contributed by atoms with Gasteiger partial charge in [-0.2, -0.15) is 0 Å². The standard InChI is InChI=1S/C21H20N2O2/c24-13-12-23(16-10-11-16)21(25)18-14-20(15-6-2-1-3-7-15)22-19-9-5-4-8-17(18)19/h1-9,14,16,24H,10-13H2. The van der Waals surface area contributed by atoms with Crippen LogP contribution < -0.4 is 0 Å². The Bertz CT molecular complexity index is 904. The summed E-state index contributed by atoms with van der Waals surface area (Å²) in [5.74, 6) is -0.0210. The first-order valence-electron chi connectivity index (χ1n) is 8.65. The molecule has 1 N–H and O–H groups in total. The topological polar surface area (TPSA) is 53.4 Å². The molecule has 1 saturated carbocycles. The predicted octanol–water partition coefficient (Wildman–Crippen LogP) is 3.50. The van der Waals surface area contributed by atoms with Gasteiger partial charge in [0, 0.05) is 23.5 Å². The van der Waals surface area contributed by atoms with Crippen LogP contribution in [-0.2, 0) is 0 Å². The summed E-state index contributed by atoms with van der Waals surface area (Å²) in [4.78, 5) is 19.7. The third-order valence-corrected chi connectivity index (χ3v) is 4.61. The van der Waals surface area contributed by atoms with E-state index in [0.717, 1.165) is 35.0 Å². The summed E-state index contributed by atoms with van der Waals surface area (Å²) in [5, 5.41) is 10.2. The molecule has 0 aliphatic heterocycles. The molecule has 4 nitrogen and oxygen atoms in total. The van der Waals surface area contributed by atoms with Crippen LogP contribution in [0.25, 0.3) is 22.2 Å². The van der Waals surface area contributed by atoms with Crippen molar-refractivity contribution >= 4 is 16.8 Å². The fraction of sp³-hybridized carbons (Fsp3) is 0.238. The first kappa shape index (κ1) is 15.8. The van der Waals surface area contributed by atoms with E-state index in [2.05, 4.69) is 0 Å². The highest BCUT2D eigenvalue weighted by atomic mass is 16.3. The van der Waals surface area contributed by atoms with Crippen molar-refractivity contribution in [1.82, 2.24) is 9.88 Å². The second-order valence-corrected chi connectivity index (χ2v) is 6.39. The van der Waals surface area contributed by atoms with E-state index in [1.54, 1.807) is 4.90 Å². The Hall–Kier alpha value is -2.72. The first-order chi connectivity index (χ1) is 12.3. The Kier molecular flexibility index (Phi) is 4.20. The molecule has 1 aliphatic rings. The number of para-hydroxylation sites is 1. The molecule has 25 heavy (non-hydrogen) atoms. The monoisotopic (exact) mass is 332 g/mol. The van der Waals surface area contributed by atoms with Crippen molar-refractivity contribution in [3.05, 3.63) is 66.2 Å². The molecule has 0 spiro atoms. The highest BCUT2D eigenvalue weighted by Gasteiger charge is 2.33. The Labute approximate surface area is 146 Å². The number of carbonyl (C=O) groups excluding carboxylic acids is 1. The first-order valence-corrected chi connectivity index (χ1v) is 8.65. The number of hydrogen-bond acceptors (Lipinski definition) is 3. The van der Waals surface area contributed by atoms with E-state index in [1.807, 2.05) is 60.7 Å². The van der Waals surface area contributed by atoms with E-state index < -0.39 is 0 Å². The third-order valence-electron chi connectivity index (χ3n) is 4.61. The molecule has 2 aromatic carbocycles. The quantitative estimate of drug-likeness (QED) is 0.778. The number of fused-ring (bicyclic) bond motifs is 1. The van der Waals surface area contributed by atoms with Crippen LogP contribution in [0.5, 0.6) is 0 Å². The molecule has 0 bridgehead atoms. The smallest absolute Gasteiger partial charge is 0.254 e. The van der Waals surface area contributed by atoms with Crippen LogP contribution >= 0.6 is 0 Å². The molecule has 0 atom stereocenters. The van der Waals surface area contributed by atoms with Gasteiger partial charge < -0.3 is 10.0 Å². The zero-order valence-electron chi connectivity index (χ0n) is 13.9. The summed E-state index contributed by atoms with van der Waals surface area (Å²) < 4.78 is 0. The number of aromatic nitrogens is 1. The minimum absolute atomic E-state index is 0.0171. The Morgan fingerprint density at radius 3 is 2.52 bits per heavy atom. The molecule has 4 heteroatoms. The zero-order valence-corrected chi connectivity index (χ0v) is 13.9. The molecule has 1 aromatic heterocycles. The van der Waals surface area contributed by atoms with Crippen LogP contribution in [0.4, 0.5) is 0 Å². The van der Waals surface area contributed by atoms with Gasteiger partial charge in [0.1, 0.15) is 0 Å². The van der Waals surface area contributed by atoms with Crippen molar-refractivity contribution in [2.24, 2.45) is 0 Å². The van der Waals surface area contributed by atoms with Crippen LogP contribution in [0.1, 0.15) is 23.2 Å². The maximum atomic E-state index is 13.2. The lowest BCUT2D eigenvalue weighted by atomic mass is 10.0. The number of carbonyl (C=O) groups is 1. The van der Waals surface area contributed by atoms with Crippen LogP contribution in [0.3, 0.4) is 0 Å². The van der Waals surface area contributed by atoms with Gasteiger partial charge in [0.2, 0.25) is 0 Å². The van der Waals surface area contributed by atoms with Crippen molar-refractivity contribution in [3.8, 4) is 11.3 Å². The highest BCUT2D eigenvalue weighted by Crippen LogP contribution is 2.31. The molecular weight excluding hydrogens is 312 g/mol. The summed E-state index contributed by atoms with van der Waals surface area (Å²) in [6.07, 6.45) is 2.03. The van der Waals surface area contributed by atoms with Gasteiger partial charge in [0.05, 0.1) is 23.4 Å². The summed E-state index contributed by atoms with van der Waals surface area (Å²) in [6.45, 7) is 0.359. The van der Waals surface area contributed by atoms with Gasteiger partial charge >= 0.3 is 0 Å². The van der Waals surface area contributed by atoms with Gasteiger partial charge in [0.15, 0.2) is 0 Å². The maximum absolute atomic E-state index is 13.2. The molecule has 1 aliphatic carbocycles. The number of benzene rings is 2. The molecule has 1 heterocycles. The molecule has 1 fully saturated rings. The fourth-order valence-corrected chi connectivity index (χ4v) is 3.21. The van der Waals surface area contributed by atoms with E-state index in [1.165, 1.54) is 0 Å². The van der Waals surface area contributed by atoms with Crippen molar-refractivity contribution < 1.29 is 9.90 Å². The largest absolute Gasteiger partial charge is 0.395 e.